The topological polar surface area (TPSA) is 47.7 Å². The van der Waals surface area contributed by atoms with Crippen molar-refractivity contribution in [2.45, 2.75) is 19.9 Å². The SMILES string of the molecule is Cc1nn(C)cc1NC(C)c1nc2ccccc2n1C. The number of nitrogens with zero attached hydrogens (tertiary/aromatic N) is 4. The Hall–Kier alpha value is -2.30. The van der Waals surface area contributed by atoms with Crippen LogP contribution in [0.5, 0.6) is 0 Å². The molecule has 2 aromatic heterocycles. The highest BCUT2D eigenvalue weighted by Gasteiger charge is 2.15. The fourth-order valence-electron chi connectivity index (χ4n) is 2.59. The first kappa shape index (κ1) is 12.7. The molecule has 0 radical (unpaired) electrons. The Labute approximate surface area is 118 Å². The maximum Gasteiger partial charge on any atom is 0.131 e. The summed E-state index contributed by atoms with van der Waals surface area (Å²) in [5.41, 5.74) is 4.23. The highest BCUT2D eigenvalue weighted by atomic mass is 15.3. The van der Waals surface area contributed by atoms with Crippen LogP contribution in [0.2, 0.25) is 0 Å². The van der Waals surface area contributed by atoms with Crippen molar-refractivity contribution in [3.8, 4) is 0 Å². The van der Waals surface area contributed by atoms with Crippen LogP contribution in [0.3, 0.4) is 0 Å². The van der Waals surface area contributed by atoms with Gasteiger partial charge in [-0.2, -0.15) is 5.10 Å². The van der Waals surface area contributed by atoms with E-state index >= 15 is 0 Å². The third-order valence-electron chi connectivity index (χ3n) is 3.59. The number of hydrogen-bond acceptors (Lipinski definition) is 3. The van der Waals surface area contributed by atoms with Crippen LogP contribution in [0.4, 0.5) is 5.69 Å². The van der Waals surface area contributed by atoms with Crippen LogP contribution in [-0.2, 0) is 14.1 Å². The standard InChI is InChI=1S/C15H19N5/c1-10-13(9-19(3)18-10)16-11(2)15-17-12-7-5-6-8-14(12)20(15)4/h5-9,11,16H,1-4H3. The van der Waals surface area contributed by atoms with E-state index in [1.807, 2.05) is 43.0 Å². The molecule has 1 atom stereocenters. The van der Waals surface area contributed by atoms with Gasteiger partial charge in [-0.3, -0.25) is 4.68 Å². The van der Waals surface area contributed by atoms with Gasteiger partial charge < -0.3 is 9.88 Å². The summed E-state index contributed by atoms with van der Waals surface area (Å²) in [4.78, 5) is 4.72. The Balaban J connectivity index is 1.94. The number of anilines is 1. The van der Waals surface area contributed by atoms with E-state index in [0.29, 0.717) is 0 Å². The molecule has 3 rings (SSSR count). The molecule has 1 N–H and O–H groups in total. The van der Waals surface area contributed by atoms with Gasteiger partial charge in [0.1, 0.15) is 5.82 Å². The predicted octanol–water partition coefficient (Wildman–Crippen LogP) is 2.79. The fraction of sp³-hybridized carbons (Fsp3) is 0.333. The zero-order valence-electron chi connectivity index (χ0n) is 12.3. The average Bonchev–Trinajstić information content (AvgIpc) is 2.91. The molecule has 0 saturated carbocycles. The molecule has 0 saturated heterocycles. The lowest BCUT2D eigenvalue weighted by atomic mass is 10.3. The molecule has 0 aliphatic heterocycles. The summed E-state index contributed by atoms with van der Waals surface area (Å²) in [6.45, 7) is 4.12. The van der Waals surface area contributed by atoms with E-state index < -0.39 is 0 Å². The molecule has 3 aromatic rings. The number of benzene rings is 1. The monoisotopic (exact) mass is 269 g/mol. The lowest BCUT2D eigenvalue weighted by Crippen LogP contribution is -2.12. The van der Waals surface area contributed by atoms with Gasteiger partial charge in [0, 0.05) is 20.3 Å². The van der Waals surface area contributed by atoms with Gasteiger partial charge in [0.05, 0.1) is 28.5 Å². The van der Waals surface area contributed by atoms with Crippen molar-refractivity contribution in [3.05, 3.63) is 42.0 Å². The zero-order valence-corrected chi connectivity index (χ0v) is 12.3. The number of aromatic nitrogens is 4. The second kappa shape index (κ2) is 4.67. The van der Waals surface area contributed by atoms with Crippen molar-refractivity contribution in [2.75, 3.05) is 5.32 Å². The van der Waals surface area contributed by atoms with Crippen LogP contribution in [0.25, 0.3) is 11.0 Å². The highest BCUT2D eigenvalue weighted by molar-refractivity contribution is 5.76. The minimum atomic E-state index is 0.121. The number of imidazole rings is 1. The number of hydrogen-bond donors (Lipinski definition) is 1. The molecule has 5 heteroatoms. The van der Waals surface area contributed by atoms with Crippen molar-refractivity contribution in [1.29, 1.82) is 0 Å². The predicted molar refractivity (Wildman–Crippen MR) is 80.7 cm³/mol. The summed E-state index contributed by atoms with van der Waals surface area (Å²) >= 11 is 0. The summed E-state index contributed by atoms with van der Waals surface area (Å²) in [5, 5.41) is 7.83. The number of rotatable bonds is 3. The summed E-state index contributed by atoms with van der Waals surface area (Å²) in [7, 11) is 3.98. The number of para-hydroxylation sites is 2. The van der Waals surface area contributed by atoms with E-state index in [2.05, 4.69) is 35.0 Å². The minimum absolute atomic E-state index is 0.121. The smallest absolute Gasteiger partial charge is 0.131 e. The van der Waals surface area contributed by atoms with Gasteiger partial charge in [-0.05, 0) is 26.0 Å². The minimum Gasteiger partial charge on any atom is -0.373 e. The molecule has 5 nitrogen and oxygen atoms in total. The maximum absolute atomic E-state index is 4.72. The van der Waals surface area contributed by atoms with Gasteiger partial charge in [0.15, 0.2) is 0 Å². The molecule has 0 amide bonds. The van der Waals surface area contributed by atoms with Gasteiger partial charge in [-0.1, -0.05) is 12.1 Å². The Kier molecular flexibility index (Phi) is 2.97. The van der Waals surface area contributed by atoms with Crippen molar-refractivity contribution in [1.82, 2.24) is 19.3 Å². The Morgan fingerprint density at radius 3 is 2.60 bits per heavy atom. The van der Waals surface area contributed by atoms with Crippen molar-refractivity contribution < 1.29 is 0 Å². The van der Waals surface area contributed by atoms with Crippen molar-refractivity contribution in [3.63, 3.8) is 0 Å². The van der Waals surface area contributed by atoms with E-state index in [4.69, 9.17) is 4.98 Å². The van der Waals surface area contributed by atoms with Crippen LogP contribution >= 0.6 is 0 Å². The van der Waals surface area contributed by atoms with Gasteiger partial charge in [-0.25, -0.2) is 4.98 Å². The van der Waals surface area contributed by atoms with Crippen molar-refractivity contribution in [2.24, 2.45) is 14.1 Å². The highest BCUT2D eigenvalue weighted by Crippen LogP contribution is 2.23. The van der Waals surface area contributed by atoms with Crippen LogP contribution < -0.4 is 5.32 Å². The number of fused-ring (bicyclic) bond motifs is 1. The first-order valence-corrected chi connectivity index (χ1v) is 6.74. The summed E-state index contributed by atoms with van der Waals surface area (Å²) in [6.07, 6.45) is 1.99. The summed E-state index contributed by atoms with van der Waals surface area (Å²) < 4.78 is 3.96. The molecule has 0 spiro atoms. The summed E-state index contributed by atoms with van der Waals surface area (Å²) in [6, 6.07) is 8.31. The van der Waals surface area contributed by atoms with E-state index in [1.54, 1.807) is 0 Å². The van der Waals surface area contributed by atoms with Crippen LogP contribution in [0.15, 0.2) is 30.5 Å². The molecule has 0 bridgehead atoms. The van der Waals surface area contributed by atoms with Gasteiger partial charge in [0.25, 0.3) is 0 Å². The number of nitrogens with one attached hydrogen (secondary N) is 1. The van der Waals surface area contributed by atoms with Crippen LogP contribution in [-0.4, -0.2) is 19.3 Å². The lowest BCUT2D eigenvalue weighted by Gasteiger charge is -2.14. The second-order valence-corrected chi connectivity index (χ2v) is 5.19. The van der Waals surface area contributed by atoms with Gasteiger partial charge in [0.2, 0.25) is 0 Å². The molecule has 20 heavy (non-hydrogen) atoms. The molecule has 0 fully saturated rings. The molecule has 0 aliphatic rings. The lowest BCUT2D eigenvalue weighted by molar-refractivity contribution is 0.733. The summed E-state index contributed by atoms with van der Waals surface area (Å²) in [5.74, 6) is 1.02. The fourth-order valence-corrected chi connectivity index (χ4v) is 2.59. The van der Waals surface area contributed by atoms with Crippen LogP contribution in [0, 0.1) is 6.92 Å². The van der Waals surface area contributed by atoms with E-state index in [-0.39, 0.29) is 6.04 Å². The van der Waals surface area contributed by atoms with Gasteiger partial charge >= 0.3 is 0 Å². The first-order chi connectivity index (χ1) is 9.56. The van der Waals surface area contributed by atoms with E-state index in [9.17, 15) is 0 Å². The van der Waals surface area contributed by atoms with E-state index in [1.165, 1.54) is 0 Å². The molecule has 1 aromatic carbocycles. The molecule has 1 unspecified atom stereocenters. The van der Waals surface area contributed by atoms with Gasteiger partial charge in [-0.15, -0.1) is 0 Å². The largest absolute Gasteiger partial charge is 0.373 e. The molecule has 104 valence electrons. The molecule has 0 aliphatic carbocycles. The normalized spacial score (nSPS) is 12.8. The third-order valence-corrected chi connectivity index (χ3v) is 3.59. The van der Waals surface area contributed by atoms with Crippen LogP contribution in [0.1, 0.15) is 24.5 Å². The molecule has 2 heterocycles. The Morgan fingerprint density at radius 2 is 1.95 bits per heavy atom. The quantitative estimate of drug-likeness (QED) is 0.795. The zero-order chi connectivity index (χ0) is 14.3. The Bertz CT molecular complexity index is 753. The third kappa shape index (κ3) is 2.05. The number of aryl methyl sites for hydroxylation is 3. The van der Waals surface area contributed by atoms with Crippen molar-refractivity contribution >= 4 is 16.7 Å². The maximum atomic E-state index is 4.72. The average molecular weight is 269 g/mol. The second-order valence-electron chi connectivity index (χ2n) is 5.19. The molecular weight excluding hydrogens is 250 g/mol. The first-order valence-electron chi connectivity index (χ1n) is 6.74. The Morgan fingerprint density at radius 1 is 1.20 bits per heavy atom. The molecular formula is C15H19N5. The van der Waals surface area contributed by atoms with E-state index in [0.717, 1.165) is 28.2 Å².